The first-order chi connectivity index (χ1) is 6.84. The third kappa shape index (κ3) is 0.923. The normalized spacial score (nSPS) is 11.2. The van der Waals surface area contributed by atoms with E-state index in [9.17, 15) is 0 Å². The van der Waals surface area contributed by atoms with Crippen molar-refractivity contribution in [1.29, 1.82) is 0 Å². The molecule has 3 aromatic rings. The molecule has 0 N–H and O–H groups in total. The number of aromatic nitrogens is 3. The highest BCUT2D eigenvalue weighted by atomic mass is 15.3. The highest BCUT2D eigenvalue weighted by Gasteiger charge is 2.02. The number of pyridine rings is 1. The summed E-state index contributed by atoms with van der Waals surface area (Å²) in [5, 5.41) is 5.33. The van der Waals surface area contributed by atoms with Crippen molar-refractivity contribution in [2.24, 2.45) is 7.05 Å². The highest BCUT2D eigenvalue weighted by Crippen LogP contribution is 2.18. The van der Waals surface area contributed by atoms with Gasteiger partial charge in [0.25, 0.3) is 0 Å². The number of rotatable bonds is 0. The van der Waals surface area contributed by atoms with Gasteiger partial charge in [0.2, 0.25) is 0 Å². The molecule has 0 saturated heterocycles. The number of nitrogens with zero attached hydrogens (tertiary/aromatic N) is 3. The maximum atomic E-state index is 4.52. The molecule has 0 unspecified atom stereocenters. The molecule has 2 aromatic heterocycles. The molecule has 0 aliphatic heterocycles. The molecular weight excluding hydrogens is 174 g/mol. The lowest BCUT2D eigenvalue weighted by molar-refractivity contribution is 0.797. The van der Waals surface area contributed by atoms with Crippen LogP contribution in [0.5, 0.6) is 0 Å². The van der Waals surface area contributed by atoms with Gasteiger partial charge in [-0.1, -0.05) is 18.2 Å². The van der Waals surface area contributed by atoms with Gasteiger partial charge in [-0.15, -0.1) is 0 Å². The van der Waals surface area contributed by atoms with Gasteiger partial charge in [0.1, 0.15) is 5.52 Å². The summed E-state index contributed by atoms with van der Waals surface area (Å²) < 4.78 is 1.84. The molecular formula is C11H9N3. The van der Waals surface area contributed by atoms with Crippen molar-refractivity contribution in [1.82, 2.24) is 14.8 Å². The number of hydrogen-bond acceptors (Lipinski definition) is 2. The SMILES string of the molecule is Cn1ncc2nc3ccccc3cc21. The molecule has 3 rings (SSSR count). The topological polar surface area (TPSA) is 30.7 Å². The van der Waals surface area contributed by atoms with Crippen LogP contribution in [0.25, 0.3) is 21.9 Å². The largest absolute Gasteiger partial charge is 0.266 e. The Kier molecular flexibility index (Phi) is 1.36. The second-order valence-electron chi connectivity index (χ2n) is 3.35. The van der Waals surface area contributed by atoms with Crippen LogP contribution < -0.4 is 0 Å². The molecule has 0 bridgehead atoms. The van der Waals surface area contributed by atoms with E-state index >= 15 is 0 Å². The summed E-state index contributed by atoms with van der Waals surface area (Å²) in [5.41, 5.74) is 3.04. The van der Waals surface area contributed by atoms with E-state index in [1.165, 1.54) is 0 Å². The van der Waals surface area contributed by atoms with E-state index in [4.69, 9.17) is 0 Å². The predicted octanol–water partition coefficient (Wildman–Crippen LogP) is 2.12. The minimum absolute atomic E-state index is 0.950. The number of hydrogen-bond donors (Lipinski definition) is 0. The van der Waals surface area contributed by atoms with Gasteiger partial charge in [-0.2, -0.15) is 5.10 Å². The molecule has 0 radical (unpaired) electrons. The molecule has 3 nitrogen and oxygen atoms in total. The van der Waals surface area contributed by atoms with Gasteiger partial charge < -0.3 is 0 Å². The Morgan fingerprint density at radius 1 is 1.14 bits per heavy atom. The van der Waals surface area contributed by atoms with Gasteiger partial charge in [0.05, 0.1) is 17.2 Å². The quantitative estimate of drug-likeness (QED) is 0.534. The molecule has 0 saturated carbocycles. The second-order valence-corrected chi connectivity index (χ2v) is 3.35. The monoisotopic (exact) mass is 183 g/mol. The van der Waals surface area contributed by atoms with Crippen molar-refractivity contribution in [2.45, 2.75) is 0 Å². The summed E-state index contributed by atoms with van der Waals surface area (Å²) in [5.74, 6) is 0. The van der Waals surface area contributed by atoms with Crippen LogP contribution in [-0.4, -0.2) is 14.8 Å². The van der Waals surface area contributed by atoms with Gasteiger partial charge in [0.15, 0.2) is 0 Å². The number of benzene rings is 1. The molecule has 0 aliphatic rings. The van der Waals surface area contributed by atoms with Crippen LogP contribution in [0, 0.1) is 0 Å². The molecule has 0 amide bonds. The summed E-state index contributed by atoms with van der Waals surface area (Å²) in [6, 6.07) is 10.2. The zero-order chi connectivity index (χ0) is 9.54. The lowest BCUT2D eigenvalue weighted by atomic mass is 10.2. The standard InChI is InChI=1S/C11H9N3/c1-14-11-6-8-4-2-3-5-9(8)13-10(11)7-12-14/h2-7H,1H3. The van der Waals surface area contributed by atoms with Gasteiger partial charge in [-0.3, -0.25) is 4.68 Å². The Hall–Kier alpha value is -1.90. The fraction of sp³-hybridized carbons (Fsp3) is 0.0909. The zero-order valence-corrected chi connectivity index (χ0v) is 7.81. The zero-order valence-electron chi connectivity index (χ0n) is 7.81. The minimum Gasteiger partial charge on any atom is -0.266 e. The summed E-state index contributed by atoms with van der Waals surface area (Å²) >= 11 is 0. The van der Waals surface area contributed by atoms with E-state index in [-0.39, 0.29) is 0 Å². The van der Waals surface area contributed by atoms with Crippen LogP contribution in [0.1, 0.15) is 0 Å². The van der Waals surface area contributed by atoms with Gasteiger partial charge in [0, 0.05) is 12.4 Å². The molecule has 0 spiro atoms. The van der Waals surface area contributed by atoms with Crippen molar-refractivity contribution in [3.8, 4) is 0 Å². The van der Waals surface area contributed by atoms with E-state index in [2.05, 4.69) is 22.2 Å². The smallest absolute Gasteiger partial charge is 0.109 e. The molecule has 0 fully saturated rings. The van der Waals surface area contributed by atoms with Gasteiger partial charge in [-0.25, -0.2) is 4.98 Å². The first-order valence-electron chi connectivity index (χ1n) is 4.52. The lowest BCUT2D eigenvalue weighted by Crippen LogP contribution is -1.89. The van der Waals surface area contributed by atoms with Crippen molar-refractivity contribution < 1.29 is 0 Å². The van der Waals surface area contributed by atoms with Crippen molar-refractivity contribution in [2.75, 3.05) is 0 Å². The van der Waals surface area contributed by atoms with Crippen LogP contribution in [-0.2, 0) is 7.05 Å². The summed E-state index contributed by atoms with van der Waals surface area (Å²) in [7, 11) is 1.93. The Morgan fingerprint density at radius 2 is 2.00 bits per heavy atom. The first-order valence-corrected chi connectivity index (χ1v) is 4.52. The van der Waals surface area contributed by atoms with Crippen molar-refractivity contribution in [3.63, 3.8) is 0 Å². The third-order valence-electron chi connectivity index (χ3n) is 2.43. The molecule has 0 aliphatic carbocycles. The van der Waals surface area contributed by atoms with E-state index in [0.717, 1.165) is 21.9 Å². The van der Waals surface area contributed by atoms with Gasteiger partial charge in [-0.05, 0) is 12.1 Å². The Balaban J connectivity index is 2.54. The number of para-hydroxylation sites is 1. The summed E-state index contributed by atoms with van der Waals surface area (Å²) in [4.78, 5) is 4.52. The second kappa shape index (κ2) is 2.54. The van der Waals surface area contributed by atoms with Crippen LogP contribution in [0.15, 0.2) is 36.5 Å². The summed E-state index contributed by atoms with van der Waals surface area (Å²) in [6.07, 6.45) is 1.79. The minimum atomic E-state index is 0.950. The Morgan fingerprint density at radius 3 is 2.93 bits per heavy atom. The highest BCUT2D eigenvalue weighted by molar-refractivity contribution is 5.90. The van der Waals surface area contributed by atoms with E-state index in [0.29, 0.717) is 0 Å². The lowest BCUT2D eigenvalue weighted by Gasteiger charge is -1.97. The maximum absolute atomic E-state index is 4.52. The fourth-order valence-corrected chi connectivity index (χ4v) is 1.68. The third-order valence-corrected chi connectivity index (χ3v) is 2.43. The molecule has 3 heteroatoms. The van der Waals surface area contributed by atoms with E-state index in [1.807, 2.05) is 29.9 Å². The van der Waals surface area contributed by atoms with Crippen LogP contribution in [0.2, 0.25) is 0 Å². The molecule has 14 heavy (non-hydrogen) atoms. The average molecular weight is 183 g/mol. The molecule has 1 aromatic carbocycles. The van der Waals surface area contributed by atoms with Gasteiger partial charge >= 0.3 is 0 Å². The Bertz CT molecular complexity index is 610. The van der Waals surface area contributed by atoms with E-state index < -0.39 is 0 Å². The Labute approximate surface area is 81.0 Å². The first kappa shape index (κ1) is 7.50. The summed E-state index contributed by atoms with van der Waals surface area (Å²) in [6.45, 7) is 0. The average Bonchev–Trinajstić information content (AvgIpc) is 2.57. The number of fused-ring (bicyclic) bond motifs is 2. The predicted molar refractivity (Wildman–Crippen MR) is 56.0 cm³/mol. The maximum Gasteiger partial charge on any atom is 0.109 e. The van der Waals surface area contributed by atoms with E-state index in [1.54, 1.807) is 6.20 Å². The number of aryl methyl sites for hydroxylation is 1. The molecule has 68 valence electrons. The fourth-order valence-electron chi connectivity index (χ4n) is 1.68. The van der Waals surface area contributed by atoms with Crippen LogP contribution in [0.4, 0.5) is 0 Å². The van der Waals surface area contributed by atoms with Crippen LogP contribution >= 0.6 is 0 Å². The van der Waals surface area contributed by atoms with Crippen molar-refractivity contribution >= 4 is 21.9 Å². The molecule has 0 atom stereocenters. The van der Waals surface area contributed by atoms with Crippen molar-refractivity contribution in [3.05, 3.63) is 36.5 Å². The molecule has 2 heterocycles. The van der Waals surface area contributed by atoms with Crippen LogP contribution in [0.3, 0.4) is 0 Å².